The lowest BCUT2D eigenvalue weighted by atomic mass is 9.83. The molecule has 1 aliphatic heterocycles. The molecule has 4 heteroatoms. The third kappa shape index (κ3) is 4.74. The first-order valence-electron chi connectivity index (χ1n) is 8.39. The number of rotatable bonds is 7. The van der Waals surface area contributed by atoms with Crippen LogP contribution in [0.25, 0.3) is 0 Å². The van der Waals surface area contributed by atoms with Gasteiger partial charge in [0.05, 0.1) is 11.7 Å². The van der Waals surface area contributed by atoms with E-state index in [0.29, 0.717) is 12.5 Å². The largest absolute Gasteiger partial charge is 0.370 e. The third-order valence-corrected chi connectivity index (χ3v) is 4.58. The number of hydrogen-bond acceptors (Lipinski definition) is 3. The van der Waals surface area contributed by atoms with Crippen LogP contribution in [0.4, 0.5) is 0 Å². The number of nitrogens with one attached hydrogen (secondary N) is 2. The average molecular weight is 282 g/mol. The van der Waals surface area contributed by atoms with E-state index in [9.17, 15) is 4.79 Å². The van der Waals surface area contributed by atoms with Gasteiger partial charge in [0.25, 0.3) is 0 Å². The summed E-state index contributed by atoms with van der Waals surface area (Å²) < 4.78 is 6.30. The van der Waals surface area contributed by atoms with Crippen molar-refractivity contribution < 1.29 is 9.53 Å². The summed E-state index contributed by atoms with van der Waals surface area (Å²) in [7, 11) is 0. The lowest BCUT2D eigenvalue weighted by Crippen LogP contribution is -2.35. The van der Waals surface area contributed by atoms with Crippen LogP contribution in [0.1, 0.15) is 64.7 Å². The van der Waals surface area contributed by atoms with Crippen molar-refractivity contribution in [3.05, 3.63) is 0 Å². The maximum absolute atomic E-state index is 11.5. The van der Waals surface area contributed by atoms with Gasteiger partial charge < -0.3 is 15.4 Å². The zero-order valence-corrected chi connectivity index (χ0v) is 12.9. The molecule has 0 aromatic carbocycles. The number of carbonyl (C=O) groups excluding carboxylic acids is 1. The SMILES string of the molecule is CCCNC(=O)CCNCC1CCC2(CCCCC2)O1. The van der Waals surface area contributed by atoms with E-state index in [2.05, 4.69) is 17.6 Å². The van der Waals surface area contributed by atoms with E-state index < -0.39 is 0 Å². The highest BCUT2D eigenvalue weighted by Gasteiger charge is 2.40. The molecule has 1 saturated carbocycles. The Kier molecular flexibility index (Phi) is 6.30. The molecule has 0 aromatic rings. The van der Waals surface area contributed by atoms with Crippen LogP contribution in [0.3, 0.4) is 0 Å². The fourth-order valence-electron chi connectivity index (χ4n) is 3.42. The van der Waals surface area contributed by atoms with Crippen LogP contribution in [-0.2, 0) is 9.53 Å². The van der Waals surface area contributed by atoms with Gasteiger partial charge in [0.2, 0.25) is 5.91 Å². The molecule has 1 heterocycles. The predicted molar refractivity (Wildman–Crippen MR) is 80.7 cm³/mol. The van der Waals surface area contributed by atoms with Crippen molar-refractivity contribution in [3.8, 4) is 0 Å². The van der Waals surface area contributed by atoms with Crippen molar-refractivity contribution in [3.63, 3.8) is 0 Å². The van der Waals surface area contributed by atoms with Crippen LogP contribution in [0.2, 0.25) is 0 Å². The Balaban J connectivity index is 1.55. The minimum Gasteiger partial charge on any atom is -0.370 e. The number of ether oxygens (including phenoxy) is 1. The summed E-state index contributed by atoms with van der Waals surface area (Å²) in [6.45, 7) is 4.50. The van der Waals surface area contributed by atoms with E-state index in [4.69, 9.17) is 4.74 Å². The van der Waals surface area contributed by atoms with E-state index in [1.165, 1.54) is 44.9 Å². The van der Waals surface area contributed by atoms with Gasteiger partial charge in [-0.2, -0.15) is 0 Å². The average Bonchev–Trinajstić information content (AvgIpc) is 2.85. The molecule has 2 aliphatic rings. The first-order chi connectivity index (χ1) is 9.74. The van der Waals surface area contributed by atoms with E-state index in [1.54, 1.807) is 0 Å². The van der Waals surface area contributed by atoms with Gasteiger partial charge in [0, 0.05) is 26.1 Å². The van der Waals surface area contributed by atoms with Gasteiger partial charge in [-0.15, -0.1) is 0 Å². The van der Waals surface area contributed by atoms with Gasteiger partial charge in [-0.05, 0) is 32.1 Å². The monoisotopic (exact) mass is 282 g/mol. The maximum atomic E-state index is 11.5. The summed E-state index contributed by atoms with van der Waals surface area (Å²) in [5.74, 6) is 0.149. The molecule has 20 heavy (non-hydrogen) atoms. The second kappa shape index (κ2) is 7.99. The fourth-order valence-corrected chi connectivity index (χ4v) is 3.42. The maximum Gasteiger partial charge on any atom is 0.221 e. The van der Waals surface area contributed by atoms with Gasteiger partial charge in [-0.3, -0.25) is 4.79 Å². The van der Waals surface area contributed by atoms with Crippen LogP contribution in [0, 0.1) is 0 Å². The summed E-state index contributed by atoms with van der Waals surface area (Å²) in [6, 6.07) is 0. The van der Waals surface area contributed by atoms with E-state index in [0.717, 1.165) is 26.1 Å². The zero-order valence-electron chi connectivity index (χ0n) is 12.9. The van der Waals surface area contributed by atoms with Crippen LogP contribution in [0.15, 0.2) is 0 Å². The molecule has 0 bridgehead atoms. The first kappa shape index (κ1) is 15.8. The highest BCUT2D eigenvalue weighted by Crippen LogP contribution is 2.41. The Labute approximate surface area is 123 Å². The molecule has 2 N–H and O–H groups in total. The summed E-state index contributed by atoms with van der Waals surface area (Å²) in [6.07, 6.45) is 10.9. The Morgan fingerprint density at radius 1 is 1.20 bits per heavy atom. The van der Waals surface area contributed by atoms with Crippen molar-refractivity contribution in [2.45, 2.75) is 76.4 Å². The molecule has 2 fully saturated rings. The van der Waals surface area contributed by atoms with Crippen LogP contribution in [-0.4, -0.2) is 37.2 Å². The summed E-state index contributed by atoms with van der Waals surface area (Å²) in [5.41, 5.74) is 0.211. The van der Waals surface area contributed by atoms with Gasteiger partial charge in [-0.1, -0.05) is 26.2 Å². The smallest absolute Gasteiger partial charge is 0.221 e. The lowest BCUT2D eigenvalue weighted by Gasteiger charge is -2.33. The second-order valence-corrected chi connectivity index (χ2v) is 6.33. The Hall–Kier alpha value is -0.610. The highest BCUT2D eigenvalue weighted by atomic mass is 16.5. The third-order valence-electron chi connectivity index (χ3n) is 4.58. The van der Waals surface area contributed by atoms with Crippen molar-refractivity contribution in [2.75, 3.05) is 19.6 Å². The molecular weight excluding hydrogens is 252 g/mol. The van der Waals surface area contributed by atoms with Crippen molar-refractivity contribution >= 4 is 5.91 Å². The lowest BCUT2D eigenvalue weighted by molar-refractivity contribution is -0.121. The van der Waals surface area contributed by atoms with E-state index >= 15 is 0 Å². The molecule has 1 saturated heterocycles. The van der Waals surface area contributed by atoms with Gasteiger partial charge in [0.1, 0.15) is 0 Å². The Morgan fingerprint density at radius 3 is 2.75 bits per heavy atom. The minimum absolute atomic E-state index is 0.149. The first-order valence-corrected chi connectivity index (χ1v) is 8.39. The normalized spacial score (nSPS) is 24.9. The topological polar surface area (TPSA) is 50.4 Å². The standard InChI is InChI=1S/C16H30N2O2/c1-2-11-18-15(19)7-12-17-13-14-6-10-16(20-14)8-4-3-5-9-16/h14,17H,2-13H2,1H3,(H,18,19). The van der Waals surface area contributed by atoms with Crippen molar-refractivity contribution in [1.29, 1.82) is 0 Å². The molecule has 1 spiro atoms. The van der Waals surface area contributed by atoms with E-state index in [1.807, 2.05) is 0 Å². The van der Waals surface area contributed by atoms with Crippen molar-refractivity contribution in [1.82, 2.24) is 10.6 Å². The Bertz CT molecular complexity index is 301. The number of carbonyl (C=O) groups is 1. The molecule has 0 radical (unpaired) electrons. The molecule has 116 valence electrons. The number of hydrogen-bond donors (Lipinski definition) is 2. The molecule has 1 aliphatic carbocycles. The van der Waals surface area contributed by atoms with Crippen LogP contribution < -0.4 is 10.6 Å². The van der Waals surface area contributed by atoms with Gasteiger partial charge in [0.15, 0.2) is 0 Å². The quantitative estimate of drug-likeness (QED) is 0.705. The van der Waals surface area contributed by atoms with Crippen LogP contribution >= 0.6 is 0 Å². The predicted octanol–water partition coefficient (Wildman–Crippen LogP) is 2.37. The summed E-state index contributed by atoms with van der Waals surface area (Å²) >= 11 is 0. The van der Waals surface area contributed by atoms with E-state index in [-0.39, 0.29) is 11.5 Å². The molecule has 2 rings (SSSR count). The summed E-state index contributed by atoms with van der Waals surface area (Å²) in [5, 5.41) is 6.27. The Morgan fingerprint density at radius 2 is 2.00 bits per heavy atom. The molecule has 0 aromatic heterocycles. The van der Waals surface area contributed by atoms with Gasteiger partial charge in [-0.25, -0.2) is 0 Å². The van der Waals surface area contributed by atoms with Crippen molar-refractivity contribution in [2.24, 2.45) is 0 Å². The van der Waals surface area contributed by atoms with Gasteiger partial charge >= 0.3 is 0 Å². The molecule has 1 atom stereocenters. The molecule has 4 nitrogen and oxygen atoms in total. The number of amides is 1. The molecule has 1 amide bonds. The highest BCUT2D eigenvalue weighted by molar-refractivity contribution is 5.75. The minimum atomic E-state index is 0.149. The fraction of sp³-hybridized carbons (Fsp3) is 0.938. The molecular formula is C16H30N2O2. The van der Waals surface area contributed by atoms with Crippen LogP contribution in [0.5, 0.6) is 0 Å². The second-order valence-electron chi connectivity index (χ2n) is 6.33. The molecule has 1 unspecified atom stereocenters. The zero-order chi connectivity index (χ0) is 14.3. The summed E-state index contributed by atoms with van der Waals surface area (Å²) in [4.78, 5) is 11.5.